The molecular weight excluding hydrogens is 304 g/mol. The molecule has 1 aliphatic carbocycles. The van der Waals surface area contributed by atoms with Gasteiger partial charge in [0.05, 0.1) is 10.6 Å². The van der Waals surface area contributed by atoms with Crippen LogP contribution in [0.25, 0.3) is 11.1 Å². The van der Waals surface area contributed by atoms with Gasteiger partial charge < -0.3 is 4.74 Å². The lowest BCUT2D eigenvalue weighted by Crippen LogP contribution is -2.33. The first-order valence-electron chi connectivity index (χ1n) is 8.28. The van der Waals surface area contributed by atoms with Gasteiger partial charge in [-0.25, -0.2) is 4.99 Å². The van der Waals surface area contributed by atoms with Gasteiger partial charge >= 0.3 is 0 Å². The number of hydrogen-bond donors (Lipinski definition) is 0. The molecule has 0 atom stereocenters. The van der Waals surface area contributed by atoms with Crippen LogP contribution in [0.1, 0.15) is 37.7 Å². The van der Waals surface area contributed by atoms with Gasteiger partial charge in [-0.15, -0.1) is 0 Å². The summed E-state index contributed by atoms with van der Waals surface area (Å²) in [4.78, 5) is 15.0. The summed E-state index contributed by atoms with van der Waals surface area (Å²) in [6.45, 7) is 0. The Morgan fingerprint density at radius 3 is 2.62 bits per heavy atom. The highest BCUT2D eigenvalue weighted by atomic mass is 16.6. The summed E-state index contributed by atoms with van der Waals surface area (Å²) in [7, 11) is 0. The Morgan fingerprint density at radius 2 is 1.83 bits per heavy atom. The lowest BCUT2D eigenvalue weighted by atomic mass is 9.77. The molecule has 2 aromatic rings. The van der Waals surface area contributed by atoms with Crippen molar-refractivity contribution in [1.82, 2.24) is 0 Å². The van der Waals surface area contributed by atoms with E-state index in [4.69, 9.17) is 4.74 Å². The lowest BCUT2D eigenvalue weighted by molar-refractivity contribution is -0.384. The number of nitrogens with zero attached hydrogens (tertiary/aromatic N) is 2. The van der Waals surface area contributed by atoms with Crippen molar-refractivity contribution in [3.8, 4) is 11.1 Å². The van der Waals surface area contributed by atoms with Gasteiger partial charge in [0.25, 0.3) is 5.69 Å². The quantitative estimate of drug-likeness (QED) is 0.570. The number of fused-ring (bicyclic) bond motifs is 2. The highest BCUT2D eigenvalue weighted by Crippen LogP contribution is 2.47. The average Bonchev–Trinajstić information content (AvgIpc) is 2.63. The Bertz CT molecular complexity index is 823. The molecule has 5 heteroatoms. The van der Waals surface area contributed by atoms with Crippen molar-refractivity contribution in [3.05, 3.63) is 58.1 Å². The number of benzene rings is 2. The van der Waals surface area contributed by atoms with Crippen molar-refractivity contribution >= 4 is 17.8 Å². The highest BCUT2D eigenvalue weighted by Gasteiger charge is 2.39. The molecule has 0 radical (unpaired) electrons. The monoisotopic (exact) mass is 322 g/mol. The van der Waals surface area contributed by atoms with E-state index in [0.717, 1.165) is 48.1 Å². The van der Waals surface area contributed by atoms with Crippen molar-refractivity contribution in [1.29, 1.82) is 0 Å². The summed E-state index contributed by atoms with van der Waals surface area (Å²) in [5.74, 6) is 0. The van der Waals surface area contributed by atoms with Gasteiger partial charge in [-0.05, 0) is 48.9 Å². The Balaban J connectivity index is 1.80. The molecule has 1 aliphatic heterocycles. The van der Waals surface area contributed by atoms with E-state index >= 15 is 0 Å². The second-order valence-electron chi connectivity index (χ2n) is 6.45. The molecule has 1 heterocycles. The molecule has 5 nitrogen and oxygen atoms in total. The number of rotatable bonds is 2. The van der Waals surface area contributed by atoms with E-state index in [1.165, 1.54) is 12.5 Å². The number of nitro benzene ring substituents is 1. The van der Waals surface area contributed by atoms with Crippen LogP contribution in [0, 0.1) is 10.1 Å². The first kappa shape index (κ1) is 14.9. The van der Waals surface area contributed by atoms with Crippen LogP contribution in [0.4, 0.5) is 11.4 Å². The van der Waals surface area contributed by atoms with E-state index in [0.29, 0.717) is 0 Å². The number of hydrogen-bond acceptors (Lipinski definition) is 4. The maximum absolute atomic E-state index is 11.0. The topological polar surface area (TPSA) is 64.7 Å². The zero-order chi connectivity index (χ0) is 16.6. The minimum absolute atomic E-state index is 0.104. The molecule has 0 unspecified atom stereocenters. The molecule has 4 rings (SSSR count). The fraction of sp³-hybridized carbons (Fsp3) is 0.316. The molecule has 0 aromatic heterocycles. The second kappa shape index (κ2) is 5.74. The Labute approximate surface area is 140 Å². The third-order valence-corrected chi connectivity index (χ3v) is 5.01. The maximum atomic E-state index is 11.0. The fourth-order valence-corrected chi connectivity index (χ4v) is 3.75. The molecular formula is C19H18N2O3. The number of nitro groups is 1. The van der Waals surface area contributed by atoms with Gasteiger partial charge in [0.15, 0.2) is 6.40 Å². The second-order valence-corrected chi connectivity index (χ2v) is 6.45. The number of ether oxygens (including phenoxy) is 1. The molecule has 122 valence electrons. The Kier molecular flexibility index (Phi) is 3.56. The summed E-state index contributed by atoms with van der Waals surface area (Å²) in [5, 5.41) is 11.0. The van der Waals surface area contributed by atoms with Gasteiger partial charge in [0.2, 0.25) is 0 Å². The van der Waals surface area contributed by atoms with E-state index in [9.17, 15) is 10.1 Å². The zero-order valence-electron chi connectivity index (χ0n) is 13.3. The number of aliphatic imine (C=N–C) groups is 1. The average molecular weight is 322 g/mol. The van der Waals surface area contributed by atoms with Crippen LogP contribution < -0.4 is 0 Å². The van der Waals surface area contributed by atoms with Crippen LogP contribution in [0.3, 0.4) is 0 Å². The first-order chi connectivity index (χ1) is 11.7. The van der Waals surface area contributed by atoms with Crippen LogP contribution in [-0.4, -0.2) is 11.3 Å². The van der Waals surface area contributed by atoms with E-state index in [2.05, 4.69) is 11.1 Å². The zero-order valence-corrected chi connectivity index (χ0v) is 13.3. The molecule has 1 spiro atoms. The smallest absolute Gasteiger partial charge is 0.270 e. The van der Waals surface area contributed by atoms with Crippen molar-refractivity contribution in [2.24, 2.45) is 4.99 Å². The lowest BCUT2D eigenvalue weighted by Gasteiger charge is -2.39. The molecule has 0 bridgehead atoms. The van der Waals surface area contributed by atoms with Crippen molar-refractivity contribution in [3.63, 3.8) is 0 Å². The summed E-state index contributed by atoms with van der Waals surface area (Å²) in [6, 6.07) is 12.8. The minimum Gasteiger partial charge on any atom is -0.472 e. The summed E-state index contributed by atoms with van der Waals surface area (Å²) < 4.78 is 5.99. The van der Waals surface area contributed by atoms with E-state index in [1.807, 2.05) is 18.2 Å². The van der Waals surface area contributed by atoms with E-state index in [1.54, 1.807) is 18.5 Å². The van der Waals surface area contributed by atoms with Crippen LogP contribution in [0.15, 0.2) is 47.5 Å². The van der Waals surface area contributed by atoms with E-state index < -0.39 is 0 Å². The molecule has 1 saturated carbocycles. The Morgan fingerprint density at radius 1 is 1.04 bits per heavy atom. The predicted octanol–water partition coefficient (Wildman–Crippen LogP) is 5.11. The van der Waals surface area contributed by atoms with Gasteiger partial charge in [0.1, 0.15) is 5.60 Å². The van der Waals surface area contributed by atoms with Crippen molar-refractivity contribution in [2.75, 3.05) is 0 Å². The summed E-state index contributed by atoms with van der Waals surface area (Å²) >= 11 is 0. The SMILES string of the molecule is O=[N+]([O-])c1cccc(-c2ccc3c(c2)C2(CCCCC2)OC=N3)c1. The summed E-state index contributed by atoms with van der Waals surface area (Å²) in [5.41, 5.74) is 3.67. The minimum atomic E-state index is -0.363. The van der Waals surface area contributed by atoms with Crippen LogP contribution in [0.5, 0.6) is 0 Å². The standard InChI is InChI=1S/C19H18N2O3/c22-21(23)16-6-4-5-14(11-16)15-7-8-18-17(12-15)19(24-13-20-18)9-2-1-3-10-19/h4-8,11-13H,1-3,9-10H2. The van der Waals surface area contributed by atoms with Gasteiger partial charge in [-0.2, -0.15) is 0 Å². The van der Waals surface area contributed by atoms with Gasteiger partial charge in [-0.3, -0.25) is 10.1 Å². The molecule has 24 heavy (non-hydrogen) atoms. The molecule has 0 saturated heterocycles. The molecule has 0 amide bonds. The largest absolute Gasteiger partial charge is 0.472 e. The third-order valence-electron chi connectivity index (χ3n) is 5.01. The molecule has 1 fully saturated rings. The summed E-state index contributed by atoms with van der Waals surface area (Å²) in [6.07, 6.45) is 7.08. The molecule has 2 aromatic carbocycles. The van der Waals surface area contributed by atoms with Gasteiger partial charge in [0, 0.05) is 17.7 Å². The number of non-ortho nitro benzene ring substituents is 1. The predicted molar refractivity (Wildman–Crippen MR) is 92.5 cm³/mol. The van der Waals surface area contributed by atoms with Crippen molar-refractivity contribution < 1.29 is 9.66 Å². The maximum Gasteiger partial charge on any atom is 0.270 e. The Hall–Kier alpha value is -2.69. The molecule has 0 N–H and O–H groups in total. The third kappa shape index (κ3) is 2.46. The van der Waals surface area contributed by atoms with Crippen LogP contribution in [-0.2, 0) is 10.3 Å². The van der Waals surface area contributed by atoms with Crippen LogP contribution in [0.2, 0.25) is 0 Å². The van der Waals surface area contributed by atoms with Gasteiger partial charge in [-0.1, -0.05) is 24.6 Å². The first-order valence-corrected chi connectivity index (χ1v) is 8.28. The normalized spacial score (nSPS) is 18.0. The van der Waals surface area contributed by atoms with Crippen LogP contribution >= 0.6 is 0 Å². The van der Waals surface area contributed by atoms with E-state index in [-0.39, 0.29) is 16.2 Å². The molecule has 2 aliphatic rings. The highest BCUT2D eigenvalue weighted by molar-refractivity contribution is 5.73. The van der Waals surface area contributed by atoms with Crippen molar-refractivity contribution in [2.45, 2.75) is 37.7 Å². The fourth-order valence-electron chi connectivity index (χ4n) is 3.75.